The summed E-state index contributed by atoms with van der Waals surface area (Å²) in [7, 11) is -1.95. The topological polar surface area (TPSA) is 73.0 Å². The van der Waals surface area contributed by atoms with E-state index in [0.717, 1.165) is 48.3 Å². The highest BCUT2D eigenvalue weighted by atomic mass is 35.5. The van der Waals surface area contributed by atoms with E-state index in [0.29, 0.717) is 42.2 Å². The highest BCUT2D eigenvalue weighted by Gasteiger charge is 2.39. The van der Waals surface area contributed by atoms with Gasteiger partial charge in [-0.15, -0.1) is 0 Å². The number of carbonyl (C=O) groups excluding carboxylic acids is 1. The molecule has 1 atom stereocenters. The Hall–Kier alpha value is -2.90. The van der Waals surface area contributed by atoms with E-state index in [1.165, 1.54) is 11.9 Å². The summed E-state index contributed by atoms with van der Waals surface area (Å²) in [6.45, 7) is 3.71. The van der Waals surface area contributed by atoms with Gasteiger partial charge >= 0.3 is 6.18 Å². The van der Waals surface area contributed by atoms with Gasteiger partial charge in [-0.05, 0) is 54.4 Å². The van der Waals surface area contributed by atoms with Crippen LogP contribution in [0.3, 0.4) is 0 Å². The normalized spacial score (nSPS) is 15.2. The largest absolute Gasteiger partial charge is 0.420 e. The van der Waals surface area contributed by atoms with Crippen LogP contribution in [0, 0.1) is 5.82 Å². The van der Waals surface area contributed by atoms with Gasteiger partial charge in [0, 0.05) is 57.9 Å². The Morgan fingerprint density at radius 2 is 1.69 bits per heavy atom. The lowest BCUT2D eigenvalue weighted by molar-refractivity contribution is -0.140. The van der Waals surface area contributed by atoms with E-state index < -0.39 is 39.1 Å². The van der Waals surface area contributed by atoms with Crippen molar-refractivity contribution in [2.45, 2.75) is 25.1 Å². The third-order valence-corrected chi connectivity index (χ3v) is 9.21. The van der Waals surface area contributed by atoms with Gasteiger partial charge in [0.2, 0.25) is 10.0 Å². The average molecular weight is 690 g/mol. The van der Waals surface area contributed by atoms with Crippen molar-refractivity contribution in [1.82, 2.24) is 14.5 Å². The molecular weight excluding hydrogens is 655 g/mol. The Morgan fingerprint density at radius 3 is 2.33 bits per heavy atom. The van der Waals surface area contributed by atoms with Crippen molar-refractivity contribution in [2.75, 3.05) is 57.5 Å². The quantitative estimate of drug-likeness (QED) is 0.241. The van der Waals surface area contributed by atoms with E-state index >= 15 is 0 Å². The Balaban J connectivity index is 1.45. The SMILES string of the molecule is CN(C[C@@H](CCN1CCN(c2ccccc2CNS(C)(=O)=O)CC1)c1ccc(Cl)c(Cl)c1)C(=O)c1cccc(F)c1C(F)(F)F. The molecule has 1 heterocycles. The second kappa shape index (κ2) is 14.7. The molecule has 0 saturated carbocycles. The molecule has 0 aliphatic carbocycles. The zero-order valence-corrected chi connectivity index (χ0v) is 27.1. The number of alkyl halides is 3. The molecule has 0 bridgehead atoms. The van der Waals surface area contributed by atoms with E-state index in [9.17, 15) is 30.8 Å². The zero-order valence-electron chi connectivity index (χ0n) is 24.8. The number of para-hydroxylation sites is 1. The lowest BCUT2D eigenvalue weighted by atomic mass is 9.94. The molecule has 244 valence electrons. The molecule has 14 heteroatoms. The van der Waals surface area contributed by atoms with Crippen LogP contribution >= 0.6 is 23.2 Å². The molecule has 7 nitrogen and oxygen atoms in total. The Kier molecular flexibility index (Phi) is 11.4. The second-order valence-corrected chi connectivity index (χ2v) is 13.7. The molecule has 1 N–H and O–H groups in total. The molecule has 3 aromatic carbocycles. The van der Waals surface area contributed by atoms with Crippen LogP contribution in [0.2, 0.25) is 10.0 Å². The lowest BCUT2D eigenvalue weighted by Gasteiger charge is -2.37. The number of nitrogens with one attached hydrogen (secondary N) is 1. The standard InChI is InChI=1S/C31H34Cl2F4N4O3S/c1-39(30(42)24-7-5-8-27(34)29(24)31(35,36)37)20-23(21-10-11-25(32)26(33)18-21)12-13-40-14-16-41(17-15-40)28-9-4-3-6-22(28)19-38-45(2,43)44/h3-11,18,23,38H,12-17,19-20H2,1-2H3/t23-/m1/s1. The fraction of sp³-hybridized carbons (Fsp3) is 0.387. The molecular formula is C31H34Cl2F4N4O3S. The van der Waals surface area contributed by atoms with Gasteiger partial charge in [-0.2, -0.15) is 13.2 Å². The number of hydrogen-bond acceptors (Lipinski definition) is 5. The number of piperazine rings is 1. The van der Waals surface area contributed by atoms with Crippen molar-refractivity contribution >= 4 is 44.8 Å². The van der Waals surface area contributed by atoms with E-state index in [1.807, 2.05) is 24.3 Å². The highest BCUT2D eigenvalue weighted by molar-refractivity contribution is 7.88. The van der Waals surface area contributed by atoms with Gasteiger partial charge in [-0.25, -0.2) is 17.5 Å². The molecule has 0 aromatic heterocycles. The predicted molar refractivity (Wildman–Crippen MR) is 169 cm³/mol. The van der Waals surface area contributed by atoms with Crippen molar-refractivity contribution in [3.05, 3.63) is 98.8 Å². The van der Waals surface area contributed by atoms with Crippen molar-refractivity contribution in [3.8, 4) is 0 Å². The van der Waals surface area contributed by atoms with Crippen LogP contribution in [-0.4, -0.2) is 76.7 Å². The van der Waals surface area contributed by atoms with Crippen LogP contribution in [0.4, 0.5) is 23.2 Å². The maximum atomic E-state index is 14.2. The number of likely N-dealkylation sites (N-methyl/N-ethyl adjacent to an activating group) is 1. The zero-order chi connectivity index (χ0) is 32.9. The van der Waals surface area contributed by atoms with E-state index in [1.54, 1.807) is 18.2 Å². The lowest BCUT2D eigenvalue weighted by Crippen LogP contribution is -2.47. The maximum absolute atomic E-state index is 14.2. The number of rotatable bonds is 11. The highest BCUT2D eigenvalue weighted by Crippen LogP contribution is 2.35. The van der Waals surface area contributed by atoms with Crippen LogP contribution in [0.1, 0.15) is 39.4 Å². The van der Waals surface area contributed by atoms with Gasteiger partial charge in [0.1, 0.15) is 11.4 Å². The first-order valence-corrected chi connectivity index (χ1v) is 16.8. The summed E-state index contributed by atoms with van der Waals surface area (Å²) in [5, 5.41) is 0.664. The van der Waals surface area contributed by atoms with Gasteiger partial charge in [0.15, 0.2) is 0 Å². The minimum absolute atomic E-state index is 0.0608. The molecule has 1 aliphatic heterocycles. The van der Waals surface area contributed by atoms with Crippen LogP contribution < -0.4 is 9.62 Å². The Bertz CT molecular complexity index is 1620. The number of halogens is 6. The second-order valence-electron chi connectivity index (χ2n) is 11.1. The fourth-order valence-corrected chi connectivity index (χ4v) is 6.19. The number of hydrogen-bond donors (Lipinski definition) is 1. The van der Waals surface area contributed by atoms with Crippen molar-refractivity contribution in [3.63, 3.8) is 0 Å². The molecule has 0 radical (unpaired) electrons. The summed E-state index contributed by atoms with van der Waals surface area (Å²) in [5.41, 5.74) is 0.263. The maximum Gasteiger partial charge on any atom is 0.420 e. The summed E-state index contributed by atoms with van der Waals surface area (Å²) in [5.74, 6) is -2.75. The molecule has 0 unspecified atom stereocenters. The number of amides is 1. The number of benzene rings is 3. The third-order valence-electron chi connectivity index (χ3n) is 7.81. The molecule has 1 aliphatic rings. The van der Waals surface area contributed by atoms with Crippen molar-refractivity contribution in [1.29, 1.82) is 0 Å². The minimum Gasteiger partial charge on any atom is -0.369 e. The predicted octanol–water partition coefficient (Wildman–Crippen LogP) is 6.27. The monoisotopic (exact) mass is 688 g/mol. The fourth-order valence-electron chi connectivity index (χ4n) is 5.47. The van der Waals surface area contributed by atoms with E-state index in [2.05, 4.69) is 14.5 Å². The first-order valence-electron chi connectivity index (χ1n) is 14.2. The summed E-state index contributed by atoms with van der Waals surface area (Å²) >= 11 is 12.4. The van der Waals surface area contributed by atoms with Crippen LogP contribution in [0.5, 0.6) is 0 Å². The smallest absolute Gasteiger partial charge is 0.369 e. The molecule has 1 amide bonds. The molecule has 4 rings (SSSR count). The molecule has 1 saturated heterocycles. The molecule has 3 aromatic rings. The molecule has 1 fully saturated rings. The average Bonchev–Trinajstić information content (AvgIpc) is 2.98. The summed E-state index contributed by atoms with van der Waals surface area (Å²) < 4.78 is 80.9. The Labute approximate surface area is 270 Å². The van der Waals surface area contributed by atoms with Gasteiger partial charge in [0.05, 0.1) is 21.9 Å². The van der Waals surface area contributed by atoms with Gasteiger partial charge in [-0.3, -0.25) is 9.69 Å². The molecule has 45 heavy (non-hydrogen) atoms. The first-order chi connectivity index (χ1) is 21.1. The van der Waals surface area contributed by atoms with Crippen LogP contribution in [0.15, 0.2) is 60.7 Å². The van der Waals surface area contributed by atoms with Crippen LogP contribution in [0.25, 0.3) is 0 Å². The summed E-state index contributed by atoms with van der Waals surface area (Å²) in [6, 6.07) is 15.5. The number of nitrogens with zero attached hydrogens (tertiary/aromatic N) is 3. The third kappa shape index (κ3) is 9.32. The number of carbonyl (C=O) groups is 1. The van der Waals surface area contributed by atoms with Gasteiger partial charge < -0.3 is 9.80 Å². The molecule has 0 spiro atoms. The van der Waals surface area contributed by atoms with E-state index in [-0.39, 0.29) is 19.0 Å². The van der Waals surface area contributed by atoms with Crippen molar-refractivity contribution in [2.24, 2.45) is 0 Å². The Morgan fingerprint density at radius 1 is 1.00 bits per heavy atom. The summed E-state index contributed by atoms with van der Waals surface area (Å²) in [4.78, 5) is 18.9. The van der Waals surface area contributed by atoms with Gasteiger partial charge in [0.25, 0.3) is 5.91 Å². The minimum atomic E-state index is -5.03. The van der Waals surface area contributed by atoms with Gasteiger partial charge in [-0.1, -0.05) is 53.5 Å². The van der Waals surface area contributed by atoms with Crippen LogP contribution in [-0.2, 0) is 22.7 Å². The first kappa shape index (κ1) is 35.0. The summed E-state index contributed by atoms with van der Waals surface area (Å²) in [6.07, 6.45) is -3.36. The number of sulfonamides is 1. The number of anilines is 1. The van der Waals surface area contributed by atoms with E-state index in [4.69, 9.17) is 23.2 Å². The van der Waals surface area contributed by atoms with Crippen molar-refractivity contribution < 1.29 is 30.8 Å².